The number of ether oxygens (including phenoxy) is 3. The molecule has 188 valence electrons. The normalized spacial score (nSPS) is 15.2. The second-order valence-electron chi connectivity index (χ2n) is 8.40. The van der Waals surface area contributed by atoms with E-state index in [1.54, 1.807) is 18.3 Å². The van der Waals surface area contributed by atoms with E-state index in [-0.39, 0.29) is 30.7 Å². The number of hydrogen-bond acceptors (Lipinski definition) is 8. The Morgan fingerprint density at radius 1 is 1.03 bits per heavy atom. The Morgan fingerprint density at radius 3 is 2.47 bits per heavy atom. The maximum absolute atomic E-state index is 11.4. The zero-order chi connectivity index (χ0) is 25.7. The van der Waals surface area contributed by atoms with E-state index in [9.17, 15) is 24.9 Å². The van der Waals surface area contributed by atoms with Crippen molar-refractivity contribution in [1.82, 2.24) is 10.3 Å². The number of benzene rings is 2. The quantitative estimate of drug-likeness (QED) is 0.293. The molecule has 0 saturated heterocycles. The van der Waals surface area contributed by atoms with E-state index in [0.29, 0.717) is 12.2 Å². The smallest absolute Gasteiger partial charge is 0.453 e. The Morgan fingerprint density at radius 2 is 1.75 bits per heavy atom. The van der Waals surface area contributed by atoms with Crippen LogP contribution in [-0.4, -0.2) is 63.3 Å². The molecule has 1 aliphatic rings. The van der Waals surface area contributed by atoms with Crippen LogP contribution in [0.5, 0.6) is 17.2 Å². The van der Waals surface area contributed by atoms with Crippen molar-refractivity contribution in [3.63, 3.8) is 0 Å². The SMILES string of the molecule is CC(Cc1ccc2c(c1)OC(C(=O)O)(C(=O)O)O2)NCC(O)COc1ccccc1-c1ccccn1. The molecule has 2 unspecified atom stereocenters. The van der Waals surface area contributed by atoms with Crippen molar-refractivity contribution in [1.29, 1.82) is 0 Å². The summed E-state index contributed by atoms with van der Waals surface area (Å²) in [5.74, 6) is -5.57. The summed E-state index contributed by atoms with van der Waals surface area (Å²) in [6.45, 7) is 2.28. The van der Waals surface area contributed by atoms with E-state index in [4.69, 9.17) is 14.2 Å². The fraction of sp³-hybridized carbons (Fsp3) is 0.269. The van der Waals surface area contributed by atoms with Crippen LogP contribution in [0.4, 0.5) is 0 Å². The molecule has 3 aromatic rings. The summed E-state index contributed by atoms with van der Waals surface area (Å²) in [4.78, 5) is 27.2. The number of aromatic nitrogens is 1. The molecule has 10 heteroatoms. The van der Waals surface area contributed by atoms with E-state index < -0.39 is 23.8 Å². The number of nitrogens with one attached hydrogen (secondary N) is 1. The van der Waals surface area contributed by atoms with Crippen LogP contribution < -0.4 is 19.5 Å². The molecule has 2 heterocycles. The standard InChI is InChI=1S/C26H26N2O8/c1-16(12-17-9-10-22-23(13-17)36-26(35-22,24(30)31)25(32)33)28-14-18(29)15-34-21-8-3-2-6-19(21)20-7-4-5-11-27-20/h2-11,13,16,18,28-29H,12,14-15H2,1H3,(H,30,31)(H,32,33). The Kier molecular flexibility index (Phi) is 7.37. The molecule has 0 radical (unpaired) electrons. The van der Waals surface area contributed by atoms with Gasteiger partial charge in [-0.25, -0.2) is 9.59 Å². The van der Waals surface area contributed by atoms with Gasteiger partial charge in [-0.1, -0.05) is 24.3 Å². The van der Waals surface area contributed by atoms with Crippen molar-refractivity contribution in [3.05, 3.63) is 72.4 Å². The van der Waals surface area contributed by atoms with Crippen molar-refractivity contribution < 1.29 is 39.1 Å². The molecule has 10 nitrogen and oxygen atoms in total. The average Bonchev–Trinajstić information content (AvgIpc) is 3.28. The first-order valence-corrected chi connectivity index (χ1v) is 11.3. The van der Waals surface area contributed by atoms with Gasteiger partial charge in [-0.2, -0.15) is 0 Å². The van der Waals surface area contributed by atoms with Crippen LogP contribution >= 0.6 is 0 Å². The van der Waals surface area contributed by atoms with E-state index in [1.807, 2.05) is 49.4 Å². The fourth-order valence-electron chi connectivity index (χ4n) is 3.77. The molecule has 0 aliphatic carbocycles. The van der Waals surface area contributed by atoms with Gasteiger partial charge < -0.3 is 34.8 Å². The van der Waals surface area contributed by atoms with Gasteiger partial charge in [-0.3, -0.25) is 4.98 Å². The summed E-state index contributed by atoms with van der Waals surface area (Å²) in [7, 11) is 0. The highest BCUT2D eigenvalue weighted by molar-refractivity contribution is 6.01. The van der Waals surface area contributed by atoms with Gasteiger partial charge in [0.2, 0.25) is 0 Å². The molecule has 1 aromatic heterocycles. The fourth-order valence-corrected chi connectivity index (χ4v) is 3.77. The Balaban J connectivity index is 1.29. The van der Waals surface area contributed by atoms with Crippen molar-refractivity contribution in [3.8, 4) is 28.5 Å². The zero-order valence-corrected chi connectivity index (χ0v) is 19.5. The number of carboxylic acid groups (broad SMARTS) is 2. The highest BCUT2D eigenvalue weighted by atomic mass is 16.8. The molecule has 4 N–H and O–H groups in total. The summed E-state index contributed by atoms with van der Waals surface area (Å²) in [6.07, 6.45) is 1.45. The maximum Gasteiger partial charge on any atom is 0.453 e. The van der Waals surface area contributed by atoms with Crippen LogP contribution in [0, 0.1) is 0 Å². The lowest BCUT2D eigenvalue weighted by atomic mass is 10.1. The number of fused-ring (bicyclic) bond motifs is 1. The van der Waals surface area contributed by atoms with E-state index in [0.717, 1.165) is 16.8 Å². The highest BCUT2D eigenvalue weighted by Crippen LogP contribution is 2.40. The summed E-state index contributed by atoms with van der Waals surface area (Å²) in [5, 5.41) is 32.2. The Bertz CT molecular complexity index is 1220. The minimum atomic E-state index is -2.79. The number of aliphatic hydroxyl groups excluding tert-OH is 1. The summed E-state index contributed by atoms with van der Waals surface area (Å²) >= 11 is 0. The predicted octanol–water partition coefficient (Wildman–Crippen LogP) is 2.35. The van der Waals surface area contributed by atoms with Crippen LogP contribution in [0.3, 0.4) is 0 Å². The summed E-state index contributed by atoms with van der Waals surface area (Å²) < 4.78 is 16.1. The van der Waals surface area contributed by atoms with Gasteiger partial charge in [-0.15, -0.1) is 0 Å². The third-order valence-electron chi connectivity index (χ3n) is 5.58. The Labute approximate surface area is 207 Å². The number of rotatable bonds is 11. The van der Waals surface area contributed by atoms with Crippen LogP contribution in [0.15, 0.2) is 66.9 Å². The lowest BCUT2D eigenvalue weighted by Gasteiger charge is -2.19. The van der Waals surface area contributed by atoms with Gasteiger partial charge in [0.05, 0.1) is 5.69 Å². The number of pyridine rings is 1. The van der Waals surface area contributed by atoms with Crippen LogP contribution in [0.2, 0.25) is 0 Å². The third kappa shape index (κ3) is 5.40. The molecule has 0 bridgehead atoms. The third-order valence-corrected chi connectivity index (χ3v) is 5.58. The largest absolute Gasteiger partial charge is 0.490 e. The molecule has 0 fully saturated rings. The highest BCUT2D eigenvalue weighted by Gasteiger charge is 2.57. The van der Waals surface area contributed by atoms with E-state index in [2.05, 4.69) is 10.3 Å². The molecule has 2 aromatic carbocycles. The van der Waals surface area contributed by atoms with Crippen LogP contribution in [0.1, 0.15) is 12.5 Å². The van der Waals surface area contributed by atoms with Gasteiger partial charge >= 0.3 is 17.7 Å². The molecule has 0 saturated carbocycles. The van der Waals surface area contributed by atoms with Crippen molar-refractivity contribution >= 4 is 11.9 Å². The van der Waals surface area contributed by atoms with Crippen molar-refractivity contribution in [2.45, 2.75) is 31.3 Å². The summed E-state index contributed by atoms with van der Waals surface area (Å²) in [6, 6.07) is 17.8. The number of hydrogen-bond donors (Lipinski definition) is 4. The van der Waals surface area contributed by atoms with Gasteiger partial charge in [0.1, 0.15) is 18.5 Å². The van der Waals surface area contributed by atoms with Gasteiger partial charge in [0.15, 0.2) is 11.5 Å². The Hall–Kier alpha value is -4.15. The first kappa shape index (κ1) is 25.0. The second kappa shape index (κ2) is 10.6. The van der Waals surface area contributed by atoms with Crippen LogP contribution in [0.25, 0.3) is 11.3 Å². The number of carbonyl (C=O) groups is 2. The number of nitrogens with zero attached hydrogens (tertiary/aromatic N) is 1. The van der Waals surface area contributed by atoms with Crippen molar-refractivity contribution in [2.75, 3.05) is 13.2 Å². The molecule has 1 aliphatic heterocycles. The van der Waals surface area contributed by atoms with E-state index >= 15 is 0 Å². The number of aliphatic carboxylic acids is 2. The molecule has 2 atom stereocenters. The minimum absolute atomic E-state index is 0.0442. The summed E-state index contributed by atoms with van der Waals surface area (Å²) in [5.41, 5.74) is 2.39. The molecule has 4 rings (SSSR count). The minimum Gasteiger partial charge on any atom is -0.490 e. The average molecular weight is 495 g/mol. The lowest BCUT2D eigenvalue weighted by molar-refractivity contribution is -0.194. The first-order valence-electron chi connectivity index (χ1n) is 11.3. The molecule has 0 spiro atoms. The predicted molar refractivity (Wildman–Crippen MR) is 128 cm³/mol. The number of aliphatic hydroxyl groups is 1. The molecule has 0 amide bonds. The number of carboxylic acids is 2. The monoisotopic (exact) mass is 494 g/mol. The lowest BCUT2D eigenvalue weighted by Crippen LogP contribution is -2.54. The van der Waals surface area contributed by atoms with Crippen molar-refractivity contribution in [2.24, 2.45) is 0 Å². The number of para-hydroxylation sites is 1. The van der Waals surface area contributed by atoms with Gasteiger partial charge in [0, 0.05) is 24.3 Å². The zero-order valence-electron chi connectivity index (χ0n) is 19.5. The van der Waals surface area contributed by atoms with Gasteiger partial charge in [0.25, 0.3) is 0 Å². The van der Waals surface area contributed by atoms with Gasteiger partial charge in [-0.05, 0) is 55.3 Å². The molecule has 36 heavy (non-hydrogen) atoms. The molecular formula is C26H26N2O8. The molecular weight excluding hydrogens is 468 g/mol. The van der Waals surface area contributed by atoms with Crippen LogP contribution in [-0.2, 0) is 16.0 Å². The first-order chi connectivity index (χ1) is 17.3. The topological polar surface area (TPSA) is 147 Å². The second-order valence-corrected chi connectivity index (χ2v) is 8.40. The maximum atomic E-state index is 11.4. The van der Waals surface area contributed by atoms with E-state index in [1.165, 1.54) is 6.07 Å².